The summed E-state index contributed by atoms with van der Waals surface area (Å²) in [5.41, 5.74) is 1.77. The summed E-state index contributed by atoms with van der Waals surface area (Å²) in [7, 11) is 1.77. The van der Waals surface area contributed by atoms with Crippen LogP contribution in [0.4, 0.5) is 0 Å². The van der Waals surface area contributed by atoms with Crippen LogP contribution in [-0.4, -0.2) is 31.0 Å². The second-order valence-electron chi connectivity index (χ2n) is 5.22. The fraction of sp³-hybridized carbons (Fsp3) is 0.353. The number of rotatable bonds is 5. The third kappa shape index (κ3) is 3.88. The predicted octanol–water partition coefficient (Wildman–Crippen LogP) is 3.36. The molecule has 0 aliphatic carbocycles. The summed E-state index contributed by atoms with van der Waals surface area (Å²) >= 11 is 0. The van der Waals surface area contributed by atoms with E-state index in [1.165, 1.54) is 0 Å². The third-order valence-corrected chi connectivity index (χ3v) is 3.30. The summed E-state index contributed by atoms with van der Waals surface area (Å²) in [6, 6.07) is 9.64. The van der Waals surface area contributed by atoms with E-state index in [1.54, 1.807) is 24.9 Å². The normalized spacial score (nSPS) is 10.5. The van der Waals surface area contributed by atoms with Crippen LogP contribution in [0.1, 0.15) is 27.4 Å². The lowest BCUT2D eigenvalue weighted by Crippen LogP contribution is -2.31. The van der Waals surface area contributed by atoms with Crippen LogP contribution in [0, 0.1) is 20.8 Å². The van der Waals surface area contributed by atoms with Gasteiger partial charge in [-0.15, -0.1) is 0 Å². The Bertz CT molecular complexity index is 631. The van der Waals surface area contributed by atoms with Gasteiger partial charge < -0.3 is 14.1 Å². The summed E-state index contributed by atoms with van der Waals surface area (Å²) in [4.78, 5) is 13.9. The average molecular weight is 287 g/mol. The molecule has 1 amide bonds. The molecule has 2 rings (SSSR count). The summed E-state index contributed by atoms with van der Waals surface area (Å²) in [6.07, 6.45) is 0. The first-order valence-electron chi connectivity index (χ1n) is 6.99. The minimum absolute atomic E-state index is 0.0443. The van der Waals surface area contributed by atoms with Crippen LogP contribution in [0.15, 0.2) is 34.7 Å². The van der Waals surface area contributed by atoms with Crippen molar-refractivity contribution in [2.24, 2.45) is 0 Å². The van der Waals surface area contributed by atoms with Crippen molar-refractivity contribution in [3.8, 4) is 5.75 Å². The van der Waals surface area contributed by atoms with Gasteiger partial charge in [-0.25, -0.2) is 0 Å². The minimum Gasteiger partial charge on any atom is -0.492 e. The van der Waals surface area contributed by atoms with Crippen molar-refractivity contribution in [3.63, 3.8) is 0 Å². The van der Waals surface area contributed by atoms with Crippen molar-refractivity contribution in [2.75, 3.05) is 20.2 Å². The zero-order chi connectivity index (χ0) is 15.4. The van der Waals surface area contributed by atoms with E-state index in [9.17, 15) is 4.79 Å². The van der Waals surface area contributed by atoms with Gasteiger partial charge in [-0.05, 0) is 44.5 Å². The lowest BCUT2D eigenvalue weighted by molar-refractivity contribution is 0.0772. The summed E-state index contributed by atoms with van der Waals surface area (Å²) < 4.78 is 11.1. The smallest absolute Gasteiger partial charge is 0.257 e. The zero-order valence-electron chi connectivity index (χ0n) is 13.0. The van der Waals surface area contributed by atoms with Crippen molar-refractivity contribution in [3.05, 3.63) is 53.0 Å². The Morgan fingerprint density at radius 3 is 2.62 bits per heavy atom. The monoisotopic (exact) mass is 287 g/mol. The number of hydrogen-bond donors (Lipinski definition) is 0. The topological polar surface area (TPSA) is 42.7 Å². The van der Waals surface area contributed by atoms with Gasteiger partial charge in [0.2, 0.25) is 0 Å². The van der Waals surface area contributed by atoms with Crippen LogP contribution in [0.5, 0.6) is 5.75 Å². The molecule has 1 aromatic carbocycles. The molecule has 0 radical (unpaired) electrons. The van der Waals surface area contributed by atoms with E-state index in [2.05, 4.69) is 0 Å². The number of aryl methyl sites for hydroxylation is 3. The number of amides is 1. The number of nitrogens with zero attached hydrogens (tertiary/aromatic N) is 1. The SMILES string of the molecule is Cc1cccc(OCCN(C)C(=O)c2cc(C)oc2C)c1. The average Bonchev–Trinajstić information content (AvgIpc) is 2.77. The molecule has 0 saturated heterocycles. The summed E-state index contributed by atoms with van der Waals surface area (Å²) in [6.45, 7) is 6.65. The molecule has 0 saturated carbocycles. The van der Waals surface area contributed by atoms with Crippen LogP contribution < -0.4 is 4.74 Å². The summed E-state index contributed by atoms with van der Waals surface area (Å²) in [5.74, 6) is 2.19. The second-order valence-corrected chi connectivity index (χ2v) is 5.22. The molecule has 0 N–H and O–H groups in total. The molecule has 0 spiro atoms. The Labute approximate surface area is 125 Å². The van der Waals surface area contributed by atoms with Crippen molar-refractivity contribution >= 4 is 5.91 Å². The molecule has 21 heavy (non-hydrogen) atoms. The zero-order valence-corrected chi connectivity index (χ0v) is 13.0. The van der Waals surface area contributed by atoms with Gasteiger partial charge in [0.05, 0.1) is 12.1 Å². The fourth-order valence-corrected chi connectivity index (χ4v) is 2.16. The molecule has 0 atom stereocenters. The lowest BCUT2D eigenvalue weighted by atomic mass is 10.2. The molecule has 1 aromatic heterocycles. The maximum atomic E-state index is 12.3. The Balaban J connectivity index is 1.88. The number of benzene rings is 1. The van der Waals surface area contributed by atoms with Crippen molar-refractivity contribution < 1.29 is 13.9 Å². The van der Waals surface area contributed by atoms with Crippen molar-refractivity contribution in [1.29, 1.82) is 0 Å². The van der Waals surface area contributed by atoms with E-state index in [0.29, 0.717) is 24.5 Å². The van der Waals surface area contributed by atoms with Crippen molar-refractivity contribution in [1.82, 2.24) is 4.90 Å². The number of furan rings is 1. The molecule has 4 nitrogen and oxygen atoms in total. The van der Waals surface area contributed by atoms with Crippen LogP contribution in [0.2, 0.25) is 0 Å². The first-order valence-corrected chi connectivity index (χ1v) is 6.99. The quantitative estimate of drug-likeness (QED) is 0.847. The molecular weight excluding hydrogens is 266 g/mol. The molecule has 0 unspecified atom stereocenters. The highest BCUT2D eigenvalue weighted by atomic mass is 16.5. The molecule has 0 fully saturated rings. The Hall–Kier alpha value is -2.23. The number of carbonyl (C=O) groups excluding carboxylic acids is 1. The van der Waals surface area contributed by atoms with Crippen LogP contribution in [0.3, 0.4) is 0 Å². The van der Waals surface area contributed by atoms with Gasteiger partial charge in [-0.2, -0.15) is 0 Å². The maximum Gasteiger partial charge on any atom is 0.257 e. The molecule has 1 heterocycles. The van der Waals surface area contributed by atoms with Gasteiger partial charge in [0.25, 0.3) is 5.91 Å². The number of likely N-dealkylation sites (N-methyl/N-ethyl adjacent to an activating group) is 1. The number of carbonyl (C=O) groups is 1. The van der Waals surface area contributed by atoms with Crippen LogP contribution >= 0.6 is 0 Å². The molecule has 0 aliphatic rings. The standard InChI is InChI=1S/C17H21NO3/c1-12-6-5-7-15(10-12)20-9-8-18(4)17(19)16-11-13(2)21-14(16)3/h5-7,10-11H,8-9H2,1-4H3. The van der Waals surface area contributed by atoms with Gasteiger partial charge >= 0.3 is 0 Å². The van der Waals surface area contributed by atoms with E-state index in [4.69, 9.17) is 9.15 Å². The predicted molar refractivity (Wildman–Crippen MR) is 81.8 cm³/mol. The van der Waals surface area contributed by atoms with E-state index in [-0.39, 0.29) is 5.91 Å². The molecule has 112 valence electrons. The highest BCUT2D eigenvalue weighted by Crippen LogP contribution is 2.16. The minimum atomic E-state index is -0.0443. The highest BCUT2D eigenvalue weighted by Gasteiger charge is 2.17. The van der Waals surface area contributed by atoms with Gasteiger partial charge in [0.1, 0.15) is 23.9 Å². The largest absolute Gasteiger partial charge is 0.492 e. The van der Waals surface area contributed by atoms with Gasteiger partial charge in [-0.3, -0.25) is 4.79 Å². The molecule has 0 bridgehead atoms. The van der Waals surface area contributed by atoms with E-state index in [1.807, 2.05) is 38.1 Å². The molecule has 4 heteroatoms. The highest BCUT2D eigenvalue weighted by molar-refractivity contribution is 5.95. The molecule has 2 aromatic rings. The van der Waals surface area contributed by atoms with Crippen molar-refractivity contribution in [2.45, 2.75) is 20.8 Å². The number of hydrogen-bond acceptors (Lipinski definition) is 3. The first-order chi connectivity index (χ1) is 9.97. The van der Waals surface area contributed by atoms with E-state index >= 15 is 0 Å². The van der Waals surface area contributed by atoms with Gasteiger partial charge in [-0.1, -0.05) is 12.1 Å². The first kappa shape index (κ1) is 15.2. The van der Waals surface area contributed by atoms with Gasteiger partial charge in [0, 0.05) is 7.05 Å². The Kier molecular flexibility index (Phi) is 4.68. The van der Waals surface area contributed by atoms with Gasteiger partial charge in [0.15, 0.2) is 0 Å². The van der Waals surface area contributed by atoms with E-state index in [0.717, 1.165) is 17.1 Å². The Morgan fingerprint density at radius 1 is 1.24 bits per heavy atom. The number of ether oxygens (including phenoxy) is 1. The van der Waals surface area contributed by atoms with E-state index < -0.39 is 0 Å². The molecule has 0 aliphatic heterocycles. The van der Waals surface area contributed by atoms with Crippen LogP contribution in [0.25, 0.3) is 0 Å². The third-order valence-electron chi connectivity index (χ3n) is 3.30. The second kappa shape index (κ2) is 6.48. The Morgan fingerprint density at radius 2 is 2.00 bits per heavy atom. The maximum absolute atomic E-state index is 12.3. The summed E-state index contributed by atoms with van der Waals surface area (Å²) in [5, 5.41) is 0. The lowest BCUT2D eigenvalue weighted by Gasteiger charge is -2.17. The fourth-order valence-electron chi connectivity index (χ4n) is 2.16. The van der Waals surface area contributed by atoms with Crippen LogP contribution in [-0.2, 0) is 0 Å². The molecular formula is C17H21NO3.